The van der Waals surface area contributed by atoms with Gasteiger partial charge >= 0.3 is 0 Å². The van der Waals surface area contributed by atoms with Gasteiger partial charge in [0.05, 0.1) is 12.6 Å². The molecule has 0 aliphatic carbocycles. The Kier molecular flexibility index (Phi) is 5.83. The van der Waals surface area contributed by atoms with Gasteiger partial charge in [-0.3, -0.25) is 9.69 Å². The summed E-state index contributed by atoms with van der Waals surface area (Å²) in [5.74, 6) is 0.911. The fourth-order valence-electron chi connectivity index (χ4n) is 3.10. The number of nitrogens with one attached hydrogen (secondary N) is 1. The summed E-state index contributed by atoms with van der Waals surface area (Å²) in [5, 5.41) is 3.75. The predicted molar refractivity (Wildman–Crippen MR) is 99.5 cm³/mol. The number of hydrogen-bond acceptors (Lipinski definition) is 5. The first-order valence-corrected chi connectivity index (χ1v) is 9.47. The van der Waals surface area contributed by atoms with Crippen LogP contribution in [0.1, 0.15) is 24.7 Å². The monoisotopic (exact) mass is 359 g/mol. The molecule has 0 radical (unpaired) electrons. The SMILES string of the molecule is CCNC(=O)[C@@H]1C[C@@H](N)CN1Cc1ccc(Sc2ccc(C)cc2)o1. The van der Waals surface area contributed by atoms with Gasteiger partial charge in [0, 0.05) is 24.0 Å². The highest BCUT2D eigenvalue weighted by atomic mass is 32.2. The molecule has 6 heteroatoms. The largest absolute Gasteiger partial charge is 0.453 e. The fourth-order valence-corrected chi connectivity index (χ4v) is 3.89. The Morgan fingerprint density at radius 2 is 2.08 bits per heavy atom. The molecule has 25 heavy (non-hydrogen) atoms. The van der Waals surface area contributed by atoms with Crippen molar-refractivity contribution in [3.8, 4) is 0 Å². The first-order valence-electron chi connectivity index (χ1n) is 8.65. The van der Waals surface area contributed by atoms with E-state index in [0.717, 1.165) is 15.7 Å². The van der Waals surface area contributed by atoms with Crippen molar-refractivity contribution < 1.29 is 9.21 Å². The van der Waals surface area contributed by atoms with Crippen LogP contribution in [0.3, 0.4) is 0 Å². The van der Waals surface area contributed by atoms with E-state index in [1.54, 1.807) is 11.8 Å². The maximum atomic E-state index is 12.2. The molecule has 5 nitrogen and oxygen atoms in total. The lowest BCUT2D eigenvalue weighted by molar-refractivity contribution is -0.125. The van der Waals surface area contributed by atoms with Gasteiger partial charge in [0.2, 0.25) is 5.91 Å². The van der Waals surface area contributed by atoms with E-state index in [2.05, 4.69) is 41.4 Å². The normalized spacial score (nSPS) is 20.8. The van der Waals surface area contributed by atoms with Gasteiger partial charge in [0.25, 0.3) is 0 Å². The van der Waals surface area contributed by atoms with Crippen LogP contribution in [0, 0.1) is 6.92 Å². The molecule has 3 rings (SSSR count). The molecule has 0 spiro atoms. The average molecular weight is 359 g/mol. The summed E-state index contributed by atoms with van der Waals surface area (Å²) in [6.07, 6.45) is 0.692. The van der Waals surface area contributed by atoms with Gasteiger partial charge in [-0.05, 0) is 44.5 Å². The number of carbonyl (C=O) groups is 1. The second-order valence-corrected chi connectivity index (χ2v) is 7.55. The van der Waals surface area contributed by atoms with E-state index in [9.17, 15) is 4.79 Å². The lowest BCUT2D eigenvalue weighted by atomic mass is 10.1. The molecule has 1 aromatic carbocycles. The molecule has 2 heterocycles. The third-order valence-corrected chi connectivity index (χ3v) is 5.25. The maximum absolute atomic E-state index is 12.2. The number of benzene rings is 1. The van der Waals surface area contributed by atoms with E-state index in [1.165, 1.54) is 5.56 Å². The minimum atomic E-state index is -0.173. The van der Waals surface area contributed by atoms with Crippen LogP contribution in [-0.2, 0) is 11.3 Å². The third-order valence-electron chi connectivity index (χ3n) is 4.32. The Morgan fingerprint density at radius 3 is 2.80 bits per heavy atom. The number of nitrogens with zero attached hydrogens (tertiary/aromatic N) is 1. The number of nitrogens with two attached hydrogens (primary N) is 1. The molecule has 1 aromatic heterocycles. The second kappa shape index (κ2) is 8.08. The quantitative estimate of drug-likeness (QED) is 0.830. The standard InChI is InChI=1S/C19H25N3O2S/c1-3-21-19(23)17-10-14(20)11-22(17)12-15-6-9-18(24-15)25-16-7-4-13(2)5-8-16/h4-9,14,17H,3,10-12,20H2,1-2H3,(H,21,23)/t14-,17+/m1/s1. The van der Waals surface area contributed by atoms with Crippen LogP contribution in [0.5, 0.6) is 0 Å². The average Bonchev–Trinajstić information content (AvgIpc) is 3.17. The van der Waals surface area contributed by atoms with E-state index in [4.69, 9.17) is 10.2 Å². The summed E-state index contributed by atoms with van der Waals surface area (Å²) in [5.41, 5.74) is 7.31. The number of hydrogen-bond donors (Lipinski definition) is 2. The smallest absolute Gasteiger partial charge is 0.237 e. The first kappa shape index (κ1) is 18.0. The minimum Gasteiger partial charge on any atom is -0.453 e. The number of carbonyl (C=O) groups excluding carboxylic acids is 1. The molecule has 0 unspecified atom stereocenters. The number of likely N-dealkylation sites (N-methyl/N-ethyl adjacent to an activating group) is 1. The predicted octanol–water partition coefficient (Wildman–Crippen LogP) is 2.78. The van der Waals surface area contributed by atoms with Crippen molar-refractivity contribution in [2.45, 2.75) is 48.9 Å². The zero-order valence-corrected chi connectivity index (χ0v) is 15.5. The van der Waals surface area contributed by atoms with Crippen molar-refractivity contribution in [3.05, 3.63) is 47.7 Å². The van der Waals surface area contributed by atoms with Gasteiger partial charge in [-0.25, -0.2) is 0 Å². The van der Waals surface area contributed by atoms with Crippen LogP contribution in [-0.4, -0.2) is 36.0 Å². The van der Waals surface area contributed by atoms with Crippen LogP contribution >= 0.6 is 11.8 Å². The van der Waals surface area contributed by atoms with Gasteiger partial charge in [0.15, 0.2) is 5.09 Å². The Morgan fingerprint density at radius 1 is 1.32 bits per heavy atom. The number of rotatable bonds is 6. The Balaban J connectivity index is 1.63. The molecule has 2 aromatic rings. The molecule has 1 amide bonds. The van der Waals surface area contributed by atoms with Crippen molar-refractivity contribution in [2.24, 2.45) is 5.73 Å². The summed E-state index contributed by atoms with van der Waals surface area (Å²) in [6, 6.07) is 12.2. The van der Waals surface area contributed by atoms with Crippen LogP contribution in [0.4, 0.5) is 0 Å². The molecule has 1 aliphatic heterocycles. The summed E-state index contributed by atoms with van der Waals surface area (Å²) in [6.45, 7) is 5.95. The molecular formula is C19H25N3O2S. The van der Waals surface area contributed by atoms with E-state index in [-0.39, 0.29) is 18.0 Å². The summed E-state index contributed by atoms with van der Waals surface area (Å²) >= 11 is 1.60. The molecule has 134 valence electrons. The summed E-state index contributed by atoms with van der Waals surface area (Å²) in [4.78, 5) is 15.5. The Hall–Kier alpha value is -1.76. The molecular weight excluding hydrogens is 334 g/mol. The van der Waals surface area contributed by atoms with Crippen molar-refractivity contribution in [1.29, 1.82) is 0 Å². The van der Waals surface area contributed by atoms with E-state index in [0.29, 0.717) is 26.1 Å². The minimum absolute atomic E-state index is 0.0315. The van der Waals surface area contributed by atoms with Crippen LogP contribution in [0.25, 0.3) is 0 Å². The summed E-state index contributed by atoms with van der Waals surface area (Å²) in [7, 11) is 0. The van der Waals surface area contributed by atoms with Gasteiger partial charge < -0.3 is 15.5 Å². The number of furan rings is 1. The van der Waals surface area contributed by atoms with Crippen LogP contribution < -0.4 is 11.1 Å². The lowest BCUT2D eigenvalue weighted by Gasteiger charge is -2.22. The number of amides is 1. The molecule has 3 N–H and O–H groups in total. The second-order valence-electron chi connectivity index (χ2n) is 6.47. The van der Waals surface area contributed by atoms with E-state index < -0.39 is 0 Å². The van der Waals surface area contributed by atoms with Gasteiger partial charge in [-0.2, -0.15) is 0 Å². The van der Waals surface area contributed by atoms with Crippen molar-refractivity contribution >= 4 is 17.7 Å². The molecule has 0 saturated carbocycles. The highest BCUT2D eigenvalue weighted by Gasteiger charge is 2.35. The fraction of sp³-hybridized carbons (Fsp3) is 0.421. The lowest BCUT2D eigenvalue weighted by Crippen LogP contribution is -2.42. The van der Waals surface area contributed by atoms with E-state index in [1.807, 2.05) is 19.1 Å². The molecule has 1 fully saturated rings. The number of aryl methyl sites for hydroxylation is 1. The maximum Gasteiger partial charge on any atom is 0.237 e. The number of likely N-dealkylation sites (tertiary alicyclic amines) is 1. The van der Waals surface area contributed by atoms with Crippen LogP contribution in [0.15, 0.2) is 50.8 Å². The summed E-state index contributed by atoms with van der Waals surface area (Å²) < 4.78 is 5.95. The molecule has 1 aliphatic rings. The van der Waals surface area contributed by atoms with Gasteiger partial charge in [-0.1, -0.05) is 29.5 Å². The third kappa shape index (κ3) is 4.66. The zero-order chi connectivity index (χ0) is 17.8. The highest BCUT2D eigenvalue weighted by Crippen LogP contribution is 2.30. The first-order chi connectivity index (χ1) is 12.0. The molecule has 0 bridgehead atoms. The Labute approximate surface area is 152 Å². The highest BCUT2D eigenvalue weighted by molar-refractivity contribution is 7.99. The van der Waals surface area contributed by atoms with Crippen molar-refractivity contribution in [3.63, 3.8) is 0 Å². The van der Waals surface area contributed by atoms with E-state index >= 15 is 0 Å². The topological polar surface area (TPSA) is 71.5 Å². The molecule has 1 saturated heterocycles. The van der Waals surface area contributed by atoms with Crippen LogP contribution in [0.2, 0.25) is 0 Å². The van der Waals surface area contributed by atoms with Gasteiger partial charge in [0.1, 0.15) is 5.76 Å². The van der Waals surface area contributed by atoms with Gasteiger partial charge in [-0.15, -0.1) is 0 Å². The van der Waals surface area contributed by atoms with Crippen molar-refractivity contribution in [2.75, 3.05) is 13.1 Å². The Bertz CT molecular complexity index is 714. The zero-order valence-electron chi connectivity index (χ0n) is 14.7. The molecule has 2 atom stereocenters. The van der Waals surface area contributed by atoms with Crippen molar-refractivity contribution in [1.82, 2.24) is 10.2 Å².